The minimum atomic E-state index is 1.40. The molecular weight excluding hydrogens is 102 g/mol. The first-order chi connectivity index (χ1) is 3.91. The number of nitrogens with one attached hydrogen (secondary N) is 1. The van der Waals surface area contributed by atoms with Gasteiger partial charge in [-0.2, -0.15) is 0 Å². The number of rotatable bonds is 3. The molecule has 2 N–H and O–H groups in total. The lowest BCUT2D eigenvalue weighted by atomic mass is 10.5. The number of hydrogen-bond donors (Lipinski definition) is 2. The highest BCUT2D eigenvalue weighted by Gasteiger charge is 1.57. The van der Waals surface area contributed by atoms with Crippen LogP contribution < -0.4 is 5.48 Å². The Kier molecular flexibility index (Phi) is 5.22. The van der Waals surface area contributed by atoms with Gasteiger partial charge in [0.15, 0.2) is 0 Å². The van der Waals surface area contributed by atoms with Crippen LogP contribution in [-0.2, 0) is 0 Å². The molecule has 2 heteroatoms. The molecule has 0 unspecified atom stereocenters. The lowest BCUT2D eigenvalue weighted by Gasteiger charge is -1.77. The molecule has 0 aliphatic heterocycles. The van der Waals surface area contributed by atoms with Gasteiger partial charge in [0.25, 0.3) is 0 Å². The Morgan fingerprint density at radius 2 is 2.00 bits per heavy atom. The third-order valence-corrected chi connectivity index (χ3v) is 0.529. The topological polar surface area (TPSA) is 32.3 Å². The molecule has 0 atom stereocenters. The van der Waals surface area contributed by atoms with E-state index < -0.39 is 0 Å². The van der Waals surface area contributed by atoms with Crippen molar-refractivity contribution < 1.29 is 5.21 Å². The first-order valence-corrected chi connectivity index (χ1v) is 2.25. The number of hydroxylamine groups is 1. The summed E-state index contributed by atoms with van der Waals surface area (Å²) < 4.78 is 0. The highest BCUT2D eigenvalue weighted by Crippen LogP contribution is 1.73. The molecule has 0 amide bonds. The fourth-order valence-corrected chi connectivity index (χ4v) is 0.241. The zero-order chi connectivity index (χ0) is 6.24. The maximum absolute atomic E-state index is 7.97. The van der Waals surface area contributed by atoms with E-state index in [1.807, 2.05) is 5.48 Å². The van der Waals surface area contributed by atoms with Gasteiger partial charge in [-0.25, -0.2) is 0 Å². The zero-order valence-corrected chi connectivity index (χ0v) is 4.54. The molecule has 0 rings (SSSR count). The summed E-state index contributed by atoms with van der Waals surface area (Å²) in [5.41, 5.74) is 1.86. The van der Waals surface area contributed by atoms with E-state index in [1.54, 1.807) is 24.3 Å². The lowest BCUT2D eigenvalue weighted by molar-refractivity contribution is 0.214. The van der Waals surface area contributed by atoms with Crippen LogP contribution in [0, 0.1) is 0 Å². The van der Waals surface area contributed by atoms with E-state index in [-0.39, 0.29) is 0 Å². The Morgan fingerprint density at radius 3 is 2.50 bits per heavy atom. The highest BCUT2D eigenvalue weighted by molar-refractivity contribution is 5.07. The number of hydrogen-bond acceptors (Lipinski definition) is 2. The SMILES string of the molecule is C=C/C=C\C=C/NO. The van der Waals surface area contributed by atoms with Crippen molar-refractivity contribution in [2.45, 2.75) is 0 Å². The average molecular weight is 111 g/mol. The molecule has 0 aromatic heterocycles. The molecule has 0 aromatic carbocycles. The molecular formula is C6H9NO. The van der Waals surface area contributed by atoms with Crippen molar-refractivity contribution in [3.63, 3.8) is 0 Å². The summed E-state index contributed by atoms with van der Waals surface area (Å²) in [4.78, 5) is 0. The summed E-state index contributed by atoms with van der Waals surface area (Å²) in [6.45, 7) is 3.45. The maximum atomic E-state index is 7.97. The van der Waals surface area contributed by atoms with Gasteiger partial charge in [0, 0.05) is 6.20 Å². The monoisotopic (exact) mass is 111 g/mol. The Morgan fingerprint density at radius 1 is 1.25 bits per heavy atom. The van der Waals surface area contributed by atoms with Crippen LogP contribution in [-0.4, -0.2) is 5.21 Å². The van der Waals surface area contributed by atoms with E-state index in [0.717, 1.165) is 0 Å². The lowest BCUT2D eigenvalue weighted by Crippen LogP contribution is -1.91. The Labute approximate surface area is 48.8 Å². The summed E-state index contributed by atoms with van der Waals surface area (Å²) >= 11 is 0. The van der Waals surface area contributed by atoms with Crippen molar-refractivity contribution in [1.29, 1.82) is 0 Å². The fraction of sp³-hybridized carbons (Fsp3) is 0. The molecule has 0 aromatic rings. The van der Waals surface area contributed by atoms with Crippen molar-refractivity contribution in [2.75, 3.05) is 0 Å². The van der Waals surface area contributed by atoms with Gasteiger partial charge in [-0.05, 0) is 6.08 Å². The molecule has 0 heterocycles. The molecule has 0 radical (unpaired) electrons. The van der Waals surface area contributed by atoms with Gasteiger partial charge in [0.1, 0.15) is 0 Å². The van der Waals surface area contributed by atoms with Gasteiger partial charge >= 0.3 is 0 Å². The van der Waals surface area contributed by atoms with Crippen molar-refractivity contribution in [3.8, 4) is 0 Å². The van der Waals surface area contributed by atoms with Gasteiger partial charge in [-0.1, -0.05) is 24.8 Å². The largest absolute Gasteiger partial charge is 0.292 e. The second-order valence-corrected chi connectivity index (χ2v) is 1.11. The summed E-state index contributed by atoms with van der Waals surface area (Å²) in [5, 5.41) is 7.97. The smallest absolute Gasteiger partial charge is 0.0240 e. The molecule has 0 fully saturated rings. The Hall–Kier alpha value is -1.02. The van der Waals surface area contributed by atoms with Crippen LogP contribution in [0.3, 0.4) is 0 Å². The molecule has 0 bridgehead atoms. The summed E-state index contributed by atoms with van der Waals surface area (Å²) in [7, 11) is 0. The van der Waals surface area contributed by atoms with Crippen LogP contribution in [0.25, 0.3) is 0 Å². The van der Waals surface area contributed by atoms with E-state index in [0.29, 0.717) is 0 Å². The minimum absolute atomic E-state index is 1.40. The summed E-state index contributed by atoms with van der Waals surface area (Å²) in [5.74, 6) is 0. The molecule has 44 valence electrons. The molecule has 0 spiro atoms. The van der Waals surface area contributed by atoms with Crippen molar-refractivity contribution in [1.82, 2.24) is 5.48 Å². The van der Waals surface area contributed by atoms with E-state index >= 15 is 0 Å². The quantitative estimate of drug-likeness (QED) is 0.424. The van der Waals surface area contributed by atoms with Gasteiger partial charge in [0.2, 0.25) is 0 Å². The predicted molar refractivity (Wildman–Crippen MR) is 33.4 cm³/mol. The average Bonchev–Trinajstić information content (AvgIpc) is 1.81. The fourth-order valence-electron chi connectivity index (χ4n) is 0.241. The van der Waals surface area contributed by atoms with Gasteiger partial charge in [-0.3, -0.25) is 10.7 Å². The van der Waals surface area contributed by atoms with Crippen molar-refractivity contribution >= 4 is 0 Å². The third-order valence-electron chi connectivity index (χ3n) is 0.529. The second kappa shape index (κ2) is 5.98. The predicted octanol–water partition coefficient (Wildman–Crippen LogP) is 1.22. The molecule has 0 saturated heterocycles. The first kappa shape index (κ1) is 6.98. The van der Waals surface area contributed by atoms with Gasteiger partial charge in [-0.15, -0.1) is 0 Å². The first-order valence-electron chi connectivity index (χ1n) is 2.25. The van der Waals surface area contributed by atoms with E-state index in [9.17, 15) is 0 Å². The van der Waals surface area contributed by atoms with E-state index in [4.69, 9.17) is 5.21 Å². The van der Waals surface area contributed by atoms with Crippen molar-refractivity contribution in [3.05, 3.63) is 37.1 Å². The maximum Gasteiger partial charge on any atom is 0.0240 e. The summed E-state index contributed by atoms with van der Waals surface area (Å²) in [6.07, 6.45) is 8.22. The number of allylic oxidation sites excluding steroid dienone is 4. The van der Waals surface area contributed by atoms with Crippen molar-refractivity contribution in [2.24, 2.45) is 0 Å². The van der Waals surface area contributed by atoms with Crippen LogP contribution in [0.1, 0.15) is 0 Å². The van der Waals surface area contributed by atoms with Crippen LogP contribution in [0.2, 0.25) is 0 Å². The second-order valence-electron chi connectivity index (χ2n) is 1.11. The molecule has 8 heavy (non-hydrogen) atoms. The van der Waals surface area contributed by atoms with E-state index in [1.165, 1.54) is 6.20 Å². The van der Waals surface area contributed by atoms with Gasteiger partial charge in [0.05, 0.1) is 0 Å². The third kappa shape index (κ3) is 4.98. The minimum Gasteiger partial charge on any atom is -0.292 e. The molecule has 0 aliphatic rings. The highest BCUT2D eigenvalue weighted by atomic mass is 16.5. The van der Waals surface area contributed by atoms with Gasteiger partial charge < -0.3 is 0 Å². The zero-order valence-electron chi connectivity index (χ0n) is 4.54. The Balaban J connectivity index is 3.26. The van der Waals surface area contributed by atoms with Crippen LogP contribution >= 0.6 is 0 Å². The molecule has 0 saturated carbocycles. The molecule has 2 nitrogen and oxygen atoms in total. The molecule has 0 aliphatic carbocycles. The van der Waals surface area contributed by atoms with E-state index in [2.05, 4.69) is 6.58 Å². The summed E-state index contributed by atoms with van der Waals surface area (Å²) in [6, 6.07) is 0. The van der Waals surface area contributed by atoms with Crippen LogP contribution in [0.4, 0.5) is 0 Å². The van der Waals surface area contributed by atoms with Crippen LogP contribution in [0.5, 0.6) is 0 Å². The standard InChI is InChI=1S/C6H9NO/c1-2-3-4-5-6-7-8/h2-8H,1H2/b4-3-,6-5-. The normalized spacial score (nSPS) is 10.6. The van der Waals surface area contributed by atoms with Crippen LogP contribution in [0.15, 0.2) is 37.1 Å². The Bertz CT molecular complexity index is 105.